The van der Waals surface area contributed by atoms with Gasteiger partial charge in [-0.2, -0.15) is 4.98 Å². The monoisotopic (exact) mass is 352 g/mol. The van der Waals surface area contributed by atoms with Gasteiger partial charge in [-0.15, -0.1) is 4.73 Å². The molecule has 120 valence electrons. The van der Waals surface area contributed by atoms with Crippen LogP contribution in [-0.4, -0.2) is 21.8 Å². The molecule has 0 aliphatic carbocycles. The highest BCUT2D eigenvalue weighted by atomic mass is 35.5. The Morgan fingerprint density at radius 3 is 2.52 bits per heavy atom. The quantitative estimate of drug-likeness (QED) is 0.766. The summed E-state index contributed by atoms with van der Waals surface area (Å²) >= 11 is 12.4. The van der Waals surface area contributed by atoms with Crippen molar-refractivity contribution in [3.8, 4) is 11.1 Å². The molecule has 0 saturated heterocycles. The predicted octanol–water partition coefficient (Wildman–Crippen LogP) is 3.04. The average Bonchev–Trinajstić information content (AvgIpc) is 2.48. The molecule has 0 aliphatic heterocycles. The van der Waals surface area contributed by atoms with Gasteiger partial charge >= 0.3 is 0 Å². The third-order valence-corrected chi connectivity index (χ3v) is 3.77. The average molecular weight is 353 g/mol. The minimum absolute atomic E-state index is 0. The Kier molecular flexibility index (Phi) is 4.77. The van der Waals surface area contributed by atoms with Crippen molar-refractivity contribution in [1.29, 1.82) is 0 Å². The number of fused-ring (bicyclic) bond motifs is 1. The van der Waals surface area contributed by atoms with Crippen LogP contribution in [0.3, 0.4) is 0 Å². The number of rotatable bonds is 2. The second-order valence-electron chi connectivity index (χ2n) is 4.44. The zero-order valence-corrected chi connectivity index (χ0v) is 12.9. The van der Waals surface area contributed by atoms with Crippen LogP contribution >= 0.6 is 23.2 Å². The lowest BCUT2D eigenvalue weighted by Gasteiger charge is -2.12. The SMILES string of the molecule is C.COn1c(=O)c(-c2c(Cl)cccc2Cl)cc2cnc(N)nc21. The fourth-order valence-corrected chi connectivity index (χ4v) is 2.79. The highest BCUT2D eigenvalue weighted by molar-refractivity contribution is 6.39. The summed E-state index contributed by atoms with van der Waals surface area (Å²) < 4.78 is 1.03. The summed E-state index contributed by atoms with van der Waals surface area (Å²) in [7, 11) is 1.36. The molecular weight excluding hydrogens is 339 g/mol. The third kappa shape index (κ3) is 2.83. The molecule has 0 bridgehead atoms. The molecule has 3 rings (SSSR count). The Labute approximate surface area is 142 Å². The van der Waals surface area contributed by atoms with Gasteiger partial charge in [0.05, 0.1) is 15.6 Å². The first-order valence-electron chi connectivity index (χ1n) is 6.20. The molecule has 8 heteroatoms. The van der Waals surface area contributed by atoms with E-state index >= 15 is 0 Å². The van der Waals surface area contributed by atoms with Crippen LogP contribution in [0.5, 0.6) is 0 Å². The highest BCUT2D eigenvalue weighted by Crippen LogP contribution is 2.33. The fraction of sp³-hybridized carbons (Fsp3) is 0.133. The maximum Gasteiger partial charge on any atom is 0.293 e. The number of hydrogen-bond donors (Lipinski definition) is 1. The Balaban J connectivity index is 0.00000192. The number of anilines is 1. The topological polar surface area (TPSA) is 83.0 Å². The van der Waals surface area contributed by atoms with E-state index in [1.807, 2.05) is 0 Å². The van der Waals surface area contributed by atoms with Crippen LogP contribution in [0, 0.1) is 0 Å². The van der Waals surface area contributed by atoms with Gasteiger partial charge in [0.2, 0.25) is 5.95 Å². The summed E-state index contributed by atoms with van der Waals surface area (Å²) in [4.78, 5) is 25.7. The van der Waals surface area contributed by atoms with Crippen molar-refractivity contribution in [3.05, 3.63) is 50.9 Å². The number of hydrogen-bond acceptors (Lipinski definition) is 5. The van der Waals surface area contributed by atoms with Gasteiger partial charge in [-0.25, -0.2) is 4.98 Å². The molecule has 0 spiro atoms. The number of halogens is 2. The van der Waals surface area contributed by atoms with E-state index in [2.05, 4.69) is 9.97 Å². The summed E-state index contributed by atoms with van der Waals surface area (Å²) in [5, 5.41) is 1.30. The van der Waals surface area contributed by atoms with Crippen molar-refractivity contribution in [1.82, 2.24) is 14.7 Å². The first kappa shape index (κ1) is 17.1. The third-order valence-electron chi connectivity index (χ3n) is 3.14. The van der Waals surface area contributed by atoms with Gasteiger partial charge in [0.15, 0.2) is 5.65 Å². The van der Waals surface area contributed by atoms with Crippen molar-refractivity contribution in [2.45, 2.75) is 7.43 Å². The standard InChI is InChI=1S/C14H10Cl2N4O2.CH4/c1-22-20-12-7(6-18-14(17)19-12)5-8(13(20)21)11-9(15)3-2-4-10(11)16;/h2-6H,1H3,(H2,17,18,19);1H4. The van der Waals surface area contributed by atoms with Crippen LogP contribution in [0.15, 0.2) is 35.3 Å². The van der Waals surface area contributed by atoms with Crippen LogP contribution < -0.4 is 16.1 Å². The van der Waals surface area contributed by atoms with E-state index in [1.165, 1.54) is 13.3 Å². The van der Waals surface area contributed by atoms with Crippen molar-refractivity contribution >= 4 is 40.2 Å². The van der Waals surface area contributed by atoms with Crippen LogP contribution in [0.4, 0.5) is 5.95 Å². The van der Waals surface area contributed by atoms with E-state index in [0.29, 0.717) is 26.6 Å². The molecule has 6 nitrogen and oxygen atoms in total. The van der Waals surface area contributed by atoms with E-state index in [4.69, 9.17) is 33.8 Å². The molecule has 0 amide bonds. The Bertz CT molecular complexity index is 920. The molecule has 2 heterocycles. The van der Waals surface area contributed by atoms with Crippen LogP contribution in [-0.2, 0) is 0 Å². The van der Waals surface area contributed by atoms with Crippen molar-refractivity contribution in [3.63, 3.8) is 0 Å². The van der Waals surface area contributed by atoms with Crippen LogP contribution in [0.25, 0.3) is 22.2 Å². The summed E-state index contributed by atoms with van der Waals surface area (Å²) in [5.41, 5.74) is 6.11. The van der Waals surface area contributed by atoms with Crippen molar-refractivity contribution in [2.75, 3.05) is 12.8 Å². The normalized spacial score (nSPS) is 10.4. The Hall–Kier alpha value is -2.31. The summed E-state index contributed by atoms with van der Waals surface area (Å²) in [5.74, 6) is 0.0428. The zero-order chi connectivity index (χ0) is 15.9. The number of benzene rings is 1. The number of nitrogens with two attached hydrogens (primary N) is 1. The summed E-state index contributed by atoms with van der Waals surface area (Å²) in [6.07, 6.45) is 1.50. The van der Waals surface area contributed by atoms with E-state index in [-0.39, 0.29) is 19.0 Å². The lowest BCUT2D eigenvalue weighted by Crippen LogP contribution is -2.27. The minimum Gasteiger partial charge on any atom is -0.412 e. The van der Waals surface area contributed by atoms with E-state index in [0.717, 1.165) is 4.73 Å². The predicted molar refractivity (Wildman–Crippen MR) is 92.9 cm³/mol. The van der Waals surface area contributed by atoms with Gasteiger partial charge < -0.3 is 10.6 Å². The maximum atomic E-state index is 12.6. The van der Waals surface area contributed by atoms with Crippen LogP contribution in [0.1, 0.15) is 7.43 Å². The molecule has 0 radical (unpaired) electrons. The fourth-order valence-electron chi connectivity index (χ4n) is 2.19. The number of pyridine rings is 1. The maximum absolute atomic E-state index is 12.6. The lowest BCUT2D eigenvalue weighted by atomic mass is 10.1. The van der Waals surface area contributed by atoms with Crippen molar-refractivity contribution < 1.29 is 4.84 Å². The van der Waals surface area contributed by atoms with E-state index in [1.54, 1.807) is 24.3 Å². The second-order valence-corrected chi connectivity index (χ2v) is 5.26. The molecule has 3 aromatic rings. The summed E-state index contributed by atoms with van der Waals surface area (Å²) in [6.45, 7) is 0. The van der Waals surface area contributed by atoms with Gasteiger partial charge in [0.1, 0.15) is 7.11 Å². The molecule has 23 heavy (non-hydrogen) atoms. The minimum atomic E-state index is -0.442. The number of nitrogens with zero attached hydrogens (tertiary/aromatic N) is 3. The smallest absolute Gasteiger partial charge is 0.293 e. The van der Waals surface area contributed by atoms with E-state index in [9.17, 15) is 4.79 Å². The number of aromatic nitrogens is 3. The molecular formula is C15H14Cl2N4O2. The van der Waals surface area contributed by atoms with Gasteiger partial charge in [-0.3, -0.25) is 4.79 Å². The van der Waals surface area contributed by atoms with Gasteiger partial charge in [-0.05, 0) is 18.2 Å². The van der Waals surface area contributed by atoms with Crippen molar-refractivity contribution in [2.24, 2.45) is 0 Å². The van der Waals surface area contributed by atoms with Gasteiger partial charge in [0, 0.05) is 17.1 Å². The first-order chi connectivity index (χ1) is 10.5. The lowest BCUT2D eigenvalue weighted by molar-refractivity contribution is 0.168. The molecule has 0 unspecified atom stereocenters. The Morgan fingerprint density at radius 2 is 1.91 bits per heavy atom. The largest absolute Gasteiger partial charge is 0.412 e. The summed E-state index contributed by atoms with van der Waals surface area (Å²) in [6, 6.07) is 6.62. The highest BCUT2D eigenvalue weighted by Gasteiger charge is 2.17. The van der Waals surface area contributed by atoms with Gasteiger partial charge in [0.25, 0.3) is 5.56 Å². The first-order valence-corrected chi connectivity index (χ1v) is 6.95. The molecule has 2 N–H and O–H groups in total. The number of nitrogen functional groups attached to an aromatic ring is 1. The zero-order valence-electron chi connectivity index (χ0n) is 11.4. The molecule has 0 aliphatic rings. The Morgan fingerprint density at radius 1 is 1.26 bits per heavy atom. The second kappa shape index (κ2) is 6.44. The molecule has 0 saturated carbocycles. The molecule has 2 aromatic heterocycles. The van der Waals surface area contributed by atoms with Crippen LogP contribution in [0.2, 0.25) is 10.0 Å². The molecule has 0 fully saturated rings. The molecule has 0 atom stereocenters. The van der Waals surface area contributed by atoms with Gasteiger partial charge in [-0.1, -0.05) is 36.7 Å². The molecule has 1 aromatic carbocycles. The van der Waals surface area contributed by atoms with E-state index < -0.39 is 5.56 Å².